The van der Waals surface area contributed by atoms with Gasteiger partial charge in [0.1, 0.15) is 0 Å². The molecule has 0 fully saturated rings. The number of aryl methyl sites for hydroxylation is 1. The van der Waals surface area contributed by atoms with Crippen LogP contribution < -0.4 is 16.8 Å². The first-order valence-electron chi connectivity index (χ1n) is 6.31. The van der Waals surface area contributed by atoms with E-state index in [0.29, 0.717) is 12.1 Å². The highest BCUT2D eigenvalue weighted by molar-refractivity contribution is 5.77. The van der Waals surface area contributed by atoms with Gasteiger partial charge in [0, 0.05) is 31.0 Å². The summed E-state index contributed by atoms with van der Waals surface area (Å²) in [6.07, 6.45) is 0. The van der Waals surface area contributed by atoms with Gasteiger partial charge >= 0.3 is 5.76 Å². The van der Waals surface area contributed by atoms with Gasteiger partial charge < -0.3 is 15.5 Å². The van der Waals surface area contributed by atoms with Crippen molar-refractivity contribution in [2.75, 3.05) is 11.1 Å². The van der Waals surface area contributed by atoms with Crippen molar-refractivity contribution < 1.29 is 4.42 Å². The quantitative estimate of drug-likeness (QED) is 0.716. The zero-order valence-electron chi connectivity index (χ0n) is 11.1. The molecule has 0 unspecified atom stereocenters. The maximum Gasteiger partial charge on any atom is 0.419 e. The third kappa shape index (κ3) is 2.25. The third-order valence-electron chi connectivity index (χ3n) is 3.24. The van der Waals surface area contributed by atoms with Crippen molar-refractivity contribution in [1.82, 2.24) is 4.57 Å². The Morgan fingerprint density at radius 2 is 2.10 bits per heavy atom. The van der Waals surface area contributed by atoms with Crippen LogP contribution in [0.15, 0.2) is 51.7 Å². The molecule has 0 saturated heterocycles. The lowest BCUT2D eigenvalue weighted by Crippen LogP contribution is -2.08. The number of oxazole rings is 1. The van der Waals surface area contributed by atoms with Gasteiger partial charge in [-0.1, -0.05) is 12.1 Å². The van der Waals surface area contributed by atoms with Crippen molar-refractivity contribution in [2.45, 2.75) is 6.54 Å². The second kappa shape index (κ2) is 4.77. The number of nitrogen functional groups attached to an aromatic ring is 1. The van der Waals surface area contributed by atoms with Crippen LogP contribution in [0.2, 0.25) is 0 Å². The van der Waals surface area contributed by atoms with E-state index >= 15 is 0 Å². The Kier molecular flexibility index (Phi) is 2.95. The van der Waals surface area contributed by atoms with Crippen LogP contribution in [0, 0.1) is 0 Å². The Morgan fingerprint density at radius 1 is 1.25 bits per heavy atom. The molecule has 0 atom stereocenters. The van der Waals surface area contributed by atoms with E-state index in [4.69, 9.17) is 10.2 Å². The fourth-order valence-corrected chi connectivity index (χ4v) is 2.15. The Morgan fingerprint density at radius 3 is 2.90 bits per heavy atom. The highest BCUT2D eigenvalue weighted by Gasteiger charge is 2.06. The van der Waals surface area contributed by atoms with Crippen molar-refractivity contribution in [3.8, 4) is 0 Å². The van der Waals surface area contributed by atoms with Crippen LogP contribution in [0.25, 0.3) is 11.1 Å². The Bertz CT molecular complexity index is 817. The molecule has 0 saturated carbocycles. The molecular weight excluding hydrogens is 254 g/mol. The second-order valence-corrected chi connectivity index (χ2v) is 4.71. The van der Waals surface area contributed by atoms with Gasteiger partial charge in [-0.05, 0) is 29.8 Å². The minimum atomic E-state index is -0.354. The number of nitrogens with one attached hydrogen (secondary N) is 1. The molecule has 3 aromatic rings. The highest BCUT2D eigenvalue weighted by atomic mass is 16.4. The summed E-state index contributed by atoms with van der Waals surface area (Å²) >= 11 is 0. The molecular formula is C15H15N3O2. The van der Waals surface area contributed by atoms with Gasteiger partial charge in [-0.25, -0.2) is 4.79 Å². The van der Waals surface area contributed by atoms with Crippen LogP contribution in [-0.4, -0.2) is 4.57 Å². The number of nitrogens with zero attached hydrogens (tertiary/aromatic N) is 1. The van der Waals surface area contributed by atoms with Gasteiger partial charge in [-0.3, -0.25) is 4.57 Å². The molecule has 20 heavy (non-hydrogen) atoms. The molecule has 0 bridgehead atoms. The number of nitrogens with two attached hydrogens (primary N) is 1. The molecule has 1 heterocycles. The average molecular weight is 269 g/mol. The highest BCUT2D eigenvalue weighted by Crippen LogP contribution is 2.18. The lowest BCUT2D eigenvalue weighted by Gasteiger charge is -2.07. The molecule has 0 aliphatic rings. The zero-order valence-corrected chi connectivity index (χ0v) is 11.1. The summed E-state index contributed by atoms with van der Waals surface area (Å²) < 4.78 is 6.64. The Balaban J connectivity index is 1.83. The van der Waals surface area contributed by atoms with E-state index in [1.807, 2.05) is 42.5 Å². The van der Waals surface area contributed by atoms with Crippen molar-refractivity contribution in [2.24, 2.45) is 7.05 Å². The van der Waals surface area contributed by atoms with Gasteiger partial charge in [0.05, 0.1) is 5.52 Å². The molecule has 5 nitrogen and oxygen atoms in total. The van der Waals surface area contributed by atoms with Crippen LogP contribution in [-0.2, 0) is 13.6 Å². The van der Waals surface area contributed by atoms with Gasteiger partial charge in [-0.2, -0.15) is 0 Å². The van der Waals surface area contributed by atoms with E-state index in [9.17, 15) is 4.79 Å². The minimum Gasteiger partial charge on any atom is -0.408 e. The fourth-order valence-electron chi connectivity index (χ4n) is 2.15. The molecule has 0 aliphatic heterocycles. The summed E-state index contributed by atoms with van der Waals surface area (Å²) in [4.78, 5) is 11.4. The van der Waals surface area contributed by atoms with Crippen molar-refractivity contribution >= 4 is 22.5 Å². The van der Waals surface area contributed by atoms with Gasteiger partial charge in [0.25, 0.3) is 0 Å². The molecule has 0 amide bonds. The Hall–Kier alpha value is -2.69. The van der Waals surface area contributed by atoms with Crippen molar-refractivity contribution in [3.05, 3.63) is 58.6 Å². The number of hydrogen-bond donors (Lipinski definition) is 2. The van der Waals surface area contributed by atoms with Crippen LogP contribution in [0.3, 0.4) is 0 Å². The number of rotatable bonds is 3. The van der Waals surface area contributed by atoms with E-state index in [1.165, 1.54) is 4.57 Å². The summed E-state index contributed by atoms with van der Waals surface area (Å²) in [5.74, 6) is -0.354. The summed E-state index contributed by atoms with van der Waals surface area (Å²) in [7, 11) is 1.69. The fraction of sp³-hybridized carbons (Fsp3) is 0.133. The molecule has 0 radical (unpaired) electrons. The summed E-state index contributed by atoms with van der Waals surface area (Å²) in [5.41, 5.74) is 9.84. The molecule has 5 heteroatoms. The van der Waals surface area contributed by atoms with E-state index in [2.05, 4.69) is 5.32 Å². The summed E-state index contributed by atoms with van der Waals surface area (Å²) in [5, 5.41) is 3.28. The molecule has 1 aromatic heterocycles. The number of hydrogen-bond acceptors (Lipinski definition) is 4. The van der Waals surface area contributed by atoms with Gasteiger partial charge in [0.2, 0.25) is 0 Å². The molecule has 0 aliphatic carbocycles. The molecule has 3 N–H and O–H groups in total. The van der Waals surface area contributed by atoms with E-state index in [0.717, 1.165) is 22.5 Å². The first-order valence-corrected chi connectivity index (χ1v) is 6.31. The van der Waals surface area contributed by atoms with Crippen molar-refractivity contribution in [3.63, 3.8) is 0 Å². The topological polar surface area (TPSA) is 73.2 Å². The smallest absolute Gasteiger partial charge is 0.408 e. The Labute approximate surface area is 115 Å². The second-order valence-electron chi connectivity index (χ2n) is 4.71. The lowest BCUT2D eigenvalue weighted by atomic mass is 10.2. The molecule has 102 valence electrons. The van der Waals surface area contributed by atoms with E-state index < -0.39 is 0 Å². The van der Waals surface area contributed by atoms with Crippen molar-refractivity contribution in [1.29, 1.82) is 0 Å². The first kappa shape index (κ1) is 12.3. The maximum atomic E-state index is 11.4. The maximum absolute atomic E-state index is 11.4. The number of benzene rings is 2. The third-order valence-corrected chi connectivity index (χ3v) is 3.24. The number of fused-ring (bicyclic) bond motifs is 1. The van der Waals surface area contributed by atoms with Gasteiger partial charge in [0.15, 0.2) is 5.58 Å². The predicted molar refractivity (Wildman–Crippen MR) is 79.6 cm³/mol. The summed E-state index contributed by atoms with van der Waals surface area (Å²) in [6, 6.07) is 13.3. The SMILES string of the molecule is Cn1c(=O)oc2cc(NCc3cccc(N)c3)ccc21. The van der Waals surface area contributed by atoms with Crippen LogP contribution in [0.4, 0.5) is 11.4 Å². The number of aromatic nitrogens is 1. The largest absolute Gasteiger partial charge is 0.419 e. The standard InChI is InChI=1S/C15H15N3O2/c1-18-13-6-5-12(8-14(13)20-15(18)19)17-9-10-3-2-4-11(16)7-10/h2-8,17H,9,16H2,1H3. The predicted octanol–water partition coefficient (Wildman–Crippen LogP) is 2.33. The minimum absolute atomic E-state index is 0.354. The molecule has 0 spiro atoms. The monoisotopic (exact) mass is 269 g/mol. The first-order chi connectivity index (χ1) is 9.63. The summed E-state index contributed by atoms with van der Waals surface area (Å²) in [6.45, 7) is 0.660. The molecule has 3 rings (SSSR count). The van der Waals surface area contributed by atoms with Crippen LogP contribution >= 0.6 is 0 Å². The van der Waals surface area contributed by atoms with Crippen LogP contribution in [0.1, 0.15) is 5.56 Å². The average Bonchev–Trinajstić information content (AvgIpc) is 2.72. The molecule has 2 aromatic carbocycles. The van der Waals surface area contributed by atoms with E-state index in [-0.39, 0.29) is 5.76 Å². The lowest BCUT2D eigenvalue weighted by molar-refractivity contribution is 0.528. The number of anilines is 2. The van der Waals surface area contributed by atoms with Crippen LogP contribution in [0.5, 0.6) is 0 Å². The normalized spacial score (nSPS) is 10.8. The van der Waals surface area contributed by atoms with E-state index in [1.54, 1.807) is 7.05 Å². The zero-order chi connectivity index (χ0) is 14.1. The van der Waals surface area contributed by atoms with Gasteiger partial charge in [-0.15, -0.1) is 0 Å².